The highest BCUT2D eigenvalue weighted by Gasteiger charge is 2.35. The van der Waals surface area contributed by atoms with Gasteiger partial charge in [-0.05, 0) is 41.8 Å². The molecule has 2 aromatic rings. The van der Waals surface area contributed by atoms with Gasteiger partial charge < -0.3 is 20.4 Å². The first-order chi connectivity index (χ1) is 12.4. The number of carboxylic acids is 1. The van der Waals surface area contributed by atoms with E-state index in [9.17, 15) is 19.1 Å². The number of carbonyl (C=O) groups is 2. The van der Waals surface area contributed by atoms with Gasteiger partial charge in [-0.1, -0.05) is 24.3 Å². The van der Waals surface area contributed by atoms with Gasteiger partial charge in [0.15, 0.2) is 0 Å². The zero-order valence-electron chi connectivity index (χ0n) is 13.9. The minimum absolute atomic E-state index is 0.180. The number of aliphatic hydroxyl groups excluding tert-OH is 1. The van der Waals surface area contributed by atoms with Crippen LogP contribution in [0.2, 0.25) is 0 Å². The lowest BCUT2D eigenvalue weighted by atomic mass is 10.0. The maximum atomic E-state index is 13.1. The molecule has 2 aromatic carbocycles. The van der Waals surface area contributed by atoms with Gasteiger partial charge in [0, 0.05) is 13.1 Å². The summed E-state index contributed by atoms with van der Waals surface area (Å²) in [6.45, 7) is 0.438. The lowest BCUT2D eigenvalue weighted by Crippen LogP contribution is -2.39. The minimum Gasteiger partial charge on any atom is -0.478 e. The number of rotatable bonds is 4. The van der Waals surface area contributed by atoms with Crippen LogP contribution in [0, 0.1) is 5.82 Å². The lowest BCUT2D eigenvalue weighted by molar-refractivity contribution is 0.0697. The molecule has 3 rings (SSSR count). The summed E-state index contributed by atoms with van der Waals surface area (Å²) in [5.74, 6) is -1.36. The normalized spacial score (nSPS) is 19.4. The van der Waals surface area contributed by atoms with Crippen LogP contribution in [0.3, 0.4) is 0 Å². The molecule has 1 aliphatic rings. The highest BCUT2D eigenvalue weighted by molar-refractivity contribution is 5.87. The van der Waals surface area contributed by atoms with Crippen LogP contribution in [0.5, 0.6) is 0 Å². The van der Waals surface area contributed by atoms with Crippen LogP contribution >= 0.6 is 0 Å². The monoisotopic (exact) mass is 358 g/mol. The number of β-amino-alcohol motifs (C(OH)–C–C–N with tert-alkyl or cyclic N) is 1. The molecule has 136 valence electrons. The molecule has 0 saturated carbocycles. The van der Waals surface area contributed by atoms with Crippen LogP contribution in [-0.2, 0) is 6.54 Å². The van der Waals surface area contributed by atoms with Crippen LogP contribution < -0.4 is 5.32 Å². The Kier molecular flexibility index (Phi) is 5.18. The van der Waals surface area contributed by atoms with Crippen molar-refractivity contribution in [2.45, 2.75) is 25.1 Å². The standard InChI is InChI=1S/C19H19FN2O4/c20-15-7-5-13(6-8-15)17-9-16(23)11-22(17)19(26)21-10-12-1-3-14(4-2-12)18(24)25/h1-8,16-17,23H,9-11H2,(H,21,26)(H,24,25). The van der Waals surface area contributed by atoms with E-state index in [2.05, 4.69) is 5.32 Å². The highest BCUT2D eigenvalue weighted by Crippen LogP contribution is 2.32. The van der Waals surface area contributed by atoms with Crippen LogP contribution in [0.25, 0.3) is 0 Å². The van der Waals surface area contributed by atoms with E-state index in [1.165, 1.54) is 29.2 Å². The number of carboxylic acid groups (broad SMARTS) is 1. The molecule has 7 heteroatoms. The number of nitrogens with one attached hydrogen (secondary N) is 1. The lowest BCUT2D eigenvalue weighted by Gasteiger charge is -2.25. The summed E-state index contributed by atoms with van der Waals surface area (Å²) in [6.07, 6.45) is -0.238. The topological polar surface area (TPSA) is 89.9 Å². The van der Waals surface area contributed by atoms with Gasteiger partial charge in [0.1, 0.15) is 5.82 Å². The third-order valence-electron chi connectivity index (χ3n) is 4.44. The van der Waals surface area contributed by atoms with Gasteiger partial charge in [0.05, 0.1) is 17.7 Å². The Balaban J connectivity index is 1.65. The predicted molar refractivity (Wildman–Crippen MR) is 92.1 cm³/mol. The van der Waals surface area contributed by atoms with Crippen molar-refractivity contribution < 1.29 is 24.2 Å². The van der Waals surface area contributed by atoms with E-state index in [1.54, 1.807) is 24.3 Å². The number of carbonyl (C=O) groups excluding carboxylic acids is 1. The molecule has 1 aliphatic heterocycles. The zero-order valence-corrected chi connectivity index (χ0v) is 13.9. The smallest absolute Gasteiger partial charge is 0.335 e. The molecule has 1 heterocycles. The fraction of sp³-hybridized carbons (Fsp3) is 0.263. The number of nitrogens with zero attached hydrogens (tertiary/aromatic N) is 1. The minimum atomic E-state index is -1.01. The van der Waals surface area contributed by atoms with Crippen molar-refractivity contribution in [2.24, 2.45) is 0 Å². The van der Waals surface area contributed by atoms with E-state index in [1.807, 2.05) is 0 Å². The molecular weight excluding hydrogens is 339 g/mol. The van der Waals surface area contributed by atoms with Gasteiger partial charge in [-0.25, -0.2) is 14.0 Å². The summed E-state index contributed by atoms with van der Waals surface area (Å²) in [7, 11) is 0. The summed E-state index contributed by atoms with van der Waals surface area (Å²) >= 11 is 0. The summed E-state index contributed by atoms with van der Waals surface area (Å²) in [4.78, 5) is 24.9. The molecule has 3 N–H and O–H groups in total. The quantitative estimate of drug-likeness (QED) is 0.783. The molecular formula is C19H19FN2O4. The third-order valence-corrected chi connectivity index (χ3v) is 4.44. The van der Waals surface area contributed by atoms with Crippen LogP contribution in [0.1, 0.15) is 33.9 Å². The Morgan fingerprint density at radius 2 is 1.77 bits per heavy atom. The average Bonchev–Trinajstić information content (AvgIpc) is 3.02. The van der Waals surface area contributed by atoms with Crippen molar-refractivity contribution in [1.82, 2.24) is 10.2 Å². The largest absolute Gasteiger partial charge is 0.478 e. The Morgan fingerprint density at radius 3 is 2.38 bits per heavy atom. The van der Waals surface area contributed by atoms with Crippen molar-refractivity contribution in [3.8, 4) is 0 Å². The summed E-state index contributed by atoms with van der Waals surface area (Å²) in [5.41, 5.74) is 1.71. The third kappa shape index (κ3) is 4.00. The van der Waals surface area contributed by atoms with E-state index in [4.69, 9.17) is 5.11 Å². The number of halogens is 1. The number of likely N-dealkylation sites (tertiary alicyclic amines) is 1. The molecule has 2 amide bonds. The first kappa shape index (κ1) is 17.9. The predicted octanol–water partition coefficient (Wildman–Crippen LogP) is 2.54. The van der Waals surface area contributed by atoms with Crippen molar-refractivity contribution >= 4 is 12.0 Å². The highest BCUT2D eigenvalue weighted by atomic mass is 19.1. The molecule has 0 radical (unpaired) electrons. The molecule has 0 bridgehead atoms. The van der Waals surface area contributed by atoms with Gasteiger partial charge >= 0.3 is 12.0 Å². The van der Waals surface area contributed by atoms with Crippen molar-refractivity contribution in [3.05, 3.63) is 71.0 Å². The Labute approximate surface area is 149 Å². The van der Waals surface area contributed by atoms with Crippen molar-refractivity contribution in [1.29, 1.82) is 0 Å². The van der Waals surface area contributed by atoms with Crippen LogP contribution in [-0.4, -0.2) is 39.8 Å². The molecule has 0 spiro atoms. The number of amides is 2. The first-order valence-corrected chi connectivity index (χ1v) is 8.24. The number of hydrogen-bond acceptors (Lipinski definition) is 3. The number of aromatic carboxylic acids is 1. The van der Waals surface area contributed by atoms with E-state index in [0.717, 1.165) is 11.1 Å². The second kappa shape index (κ2) is 7.53. The Bertz CT molecular complexity index is 792. The second-order valence-corrected chi connectivity index (χ2v) is 6.27. The zero-order chi connectivity index (χ0) is 18.7. The molecule has 0 aromatic heterocycles. The van der Waals surface area contributed by atoms with Gasteiger partial charge in [-0.15, -0.1) is 0 Å². The molecule has 1 saturated heterocycles. The molecule has 6 nitrogen and oxygen atoms in total. The second-order valence-electron chi connectivity index (χ2n) is 6.27. The number of urea groups is 1. The molecule has 2 atom stereocenters. The number of benzene rings is 2. The van der Waals surface area contributed by atoms with Gasteiger partial charge in [-0.3, -0.25) is 0 Å². The fourth-order valence-electron chi connectivity index (χ4n) is 3.08. The van der Waals surface area contributed by atoms with E-state index in [-0.39, 0.29) is 36.5 Å². The van der Waals surface area contributed by atoms with Crippen LogP contribution in [0.4, 0.5) is 9.18 Å². The number of aliphatic hydroxyl groups is 1. The summed E-state index contributed by atoms with van der Waals surface area (Å²) in [6, 6.07) is 11.5. The summed E-state index contributed by atoms with van der Waals surface area (Å²) < 4.78 is 13.1. The maximum Gasteiger partial charge on any atom is 0.335 e. The first-order valence-electron chi connectivity index (χ1n) is 8.24. The Hall–Kier alpha value is -2.93. The SMILES string of the molecule is O=C(O)c1ccc(CNC(=O)N2CC(O)CC2c2ccc(F)cc2)cc1. The van der Waals surface area contributed by atoms with E-state index >= 15 is 0 Å². The molecule has 1 fully saturated rings. The van der Waals surface area contributed by atoms with E-state index in [0.29, 0.717) is 6.42 Å². The Morgan fingerprint density at radius 1 is 1.12 bits per heavy atom. The molecule has 26 heavy (non-hydrogen) atoms. The molecule has 2 unspecified atom stereocenters. The summed E-state index contributed by atoms with van der Waals surface area (Å²) in [5, 5.41) is 21.6. The van der Waals surface area contributed by atoms with Gasteiger partial charge in [0.25, 0.3) is 0 Å². The van der Waals surface area contributed by atoms with E-state index < -0.39 is 12.1 Å². The maximum absolute atomic E-state index is 13.1. The van der Waals surface area contributed by atoms with Crippen LogP contribution in [0.15, 0.2) is 48.5 Å². The number of hydrogen-bond donors (Lipinski definition) is 3. The van der Waals surface area contributed by atoms with Crippen molar-refractivity contribution in [3.63, 3.8) is 0 Å². The van der Waals surface area contributed by atoms with Crippen molar-refractivity contribution in [2.75, 3.05) is 6.54 Å². The van der Waals surface area contributed by atoms with Gasteiger partial charge in [0.2, 0.25) is 0 Å². The average molecular weight is 358 g/mol. The van der Waals surface area contributed by atoms with Gasteiger partial charge in [-0.2, -0.15) is 0 Å². The molecule has 0 aliphatic carbocycles. The fourth-order valence-corrected chi connectivity index (χ4v) is 3.08.